The van der Waals surface area contributed by atoms with E-state index in [-0.39, 0.29) is 18.4 Å². The van der Waals surface area contributed by atoms with E-state index in [0.717, 1.165) is 71.5 Å². The van der Waals surface area contributed by atoms with Crippen LogP contribution < -0.4 is 16.0 Å². The van der Waals surface area contributed by atoms with Crippen molar-refractivity contribution in [2.75, 3.05) is 36.8 Å². The van der Waals surface area contributed by atoms with Gasteiger partial charge in [-0.25, -0.2) is 4.79 Å². The zero-order valence-corrected chi connectivity index (χ0v) is 21.2. The third-order valence-electron chi connectivity index (χ3n) is 6.68. The normalized spacial score (nSPS) is 13.8. The SMILES string of the molecule is Cl.O=C(Nc1ccccc1-c1cc2ccc(CN3CCNCC3)cc2o1)Nc1cccc2ccccc12. The lowest BCUT2D eigenvalue weighted by Crippen LogP contribution is -2.42. The summed E-state index contributed by atoms with van der Waals surface area (Å²) in [4.78, 5) is 15.4. The molecule has 4 aromatic carbocycles. The molecule has 2 amide bonds. The van der Waals surface area contributed by atoms with Gasteiger partial charge in [-0.05, 0) is 41.3 Å². The monoisotopic (exact) mass is 512 g/mol. The second-order valence-corrected chi connectivity index (χ2v) is 9.16. The number of urea groups is 1. The predicted octanol–water partition coefficient (Wildman–Crippen LogP) is 6.72. The Morgan fingerprint density at radius 2 is 1.54 bits per heavy atom. The standard InChI is InChI=1S/C30H28N4O2.ClH/c35-30(32-26-11-5-7-22-6-1-2-8-24(22)26)33-27-10-4-3-9-25(27)29-19-23-13-12-21(18-28(23)36-29)20-34-16-14-31-15-17-34;/h1-13,18-19,31H,14-17,20H2,(H2,32,33,35);1H. The zero-order valence-electron chi connectivity index (χ0n) is 20.4. The van der Waals surface area contributed by atoms with E-state index in [1.807, 2.05) is 72.8 Å². The van der Waals surface area contributed by atoms with Crippen LogP contribution in [-0.2, 0) is 6.54 Å². The molecule has 37 heavy (non-hydrogen) atoms. The third-order valence-corrected chi connectivity index (χ3v) is 6.68. The maximum atomic E-state index is 13.0. The van der Waals surface area contributed by atoms with Gasteiger partial charge in [0.25, 0.3) is 0 Å². The number of benzene rings is 4. The van der Waals surface area contributed by atoms with Crippen LogP contribution in [0.4, 0.5) is 16.2 Å². The Labute approximate surface area is 222 Å². The fourth-order valence-electron chi connectivity index (χ4n) is 4.85. The molecular weight excluding hydrogens is 484 g/mol. The molecule has 0 atom stereocenters. The van der Waals surface area contributed by atoms with E-state index in [1.54, 1.807) is 0 Å². The molecular formula is C30H29ClN4O2. The summed E-state index contributed by atoms with van der Waals surface area (Å²) < 4.78 is 6.28. The Hall–Kier alpha value is -3.84. The number of halogens is 1. The van der Waals surface area contributed by atoms with E-state index >= 15 is 0 Å². The van der Waals surface area contributed by atoms with Gasteiger partial charge in [0.05, 0.1) is 11.4 Å². The third kappa shape index (κ3) is 5.47. The summed E-state index contributed by atoms with van der Waals surface area (Å²) >= 11 is 0. The van der Waals surface area contributed by atoms with Crippen LogP contribution in [0, 0.1) is 0 Å². The number of piperazine rings is 1. The summed E-state index contributed by atoms with van der Waals surface area (Å²) in [5, 5.41) is 12.5. The Morgan fingerprint density at radius 1 is 0.811 bits per heavy atom. The van der Waals surface area contributed by atoms with Gasteiger partial charge in [-0.2, -0.15) is 0 Å². The number of nitrogens with one attached hydrogen (secondary N) is 3. The molecule has 1 fully saturated rings. The average Bonchev–Trinajstić information content (AvgIpc) is 3.33. The summed E-state index contributed by atoms with van der Waals surface area (Å²) in [6.07, 6.45) is 0. The van der Waals surface area contributed by atoms with E-state index in [0.29, 0.717) is 5.69 Å². The van der Waals surface area contributed by atoms with E-state index in [2.05, 4.69) is 39.0 Å². The first kappa shape index (κ1) is 24.8. The van der Waals surface area contributed by atoms with E-state index < -0.39 is 0 Å². The minimum atomic E-state index is -0.298. The van der Waals surface area contributed by atoms with Crippen molar-refractivity contribution in [1.82, 2.24) is 10.2 Å². The summed E-state index contributed by atoms with van der Waals surface area (Å²) in [5.74, 6) is 0.727. The molecule has 188 valence electrons. The number of furan rings is 1. The first-order chi connectivity index (χ1) is 17.7. The molecule has 0 spiro atoms. The van der Waals surface area contributed by atoms with Gasteiger partial charge in [0.1, 0.15) is 11.3 Å². The molecule has 6 nitrogen and oxygen atoms in total. The number of nitrogens with zero attached hydrogens (tertiary/aromatic N) is 1. The molecule has 0 saturated carbocycles. The van der Waals surface area contributed by atoms with E-state index in [1.165, 1.54) is 5.56 Å². The lowest BCUT2D eigenvalue weighted by molar-refractivity contribution is 0.233. The molecule has 0 radical (unpaired) electrons. The number of carbonyl (C=O) groups excluding carboxylic acids is 1. The Morgan fingerprint density at radius 3 is 2.43 bits per heavy atom. The average molecular weight is 513 g/mol. The minimum absolute atomic E-state index is 0. The number of hydrogen-bond acceptors (Lipinski definition) is 4. The highest BCUT2D eigenvalue weighted by Crippen LogP contribution is 2.33. The van der Waals surface area contributed by atoms with Crippen molar-refractivity contribution in [3.63, 3.8) is 0 Å². The molecule has 3 N–H and O–H groups in total. The van der Waals surface area contributed by atoms with Gasteiger partial charge < -0.3 is 20.4 Å². The number of carbonyl (C=O) groups is 1. The quantitative estimate of drug-likeness (QED) is 0.244. The van der Waals surface area contributed by atoms with Gasteiger partial charge >= 0.3 is 6.03 Å². The number of anilines is 2. The first-order valence-corrected chi connectivity index (χ1v) is 12.3. The van der Waals surface area contributed by atoms with Crippen LogP contribution in [0.2, 0.25) is 0 Å². The smallest absolute Gasteiger partial charge is 0.323 e. The number of fused-ring (bicyclic) bond motifs is 2. The van der Waals surface area contributed by atoms with Crippen molar-refractivity contribution in [2.24, 2.45) is 0 Å². The van der Waals surface area contributed by atoms with Crippen LogP contribution in [0.15, 0.2) is 95.4 Å². The first-order valence-electron chi connectivity index (χ1n) is 12.3. The summed E-state index contributed by atoms with van der Waals surface area (Å²) in [6, 6.07) is 29.7. The molecule has 1 aliphatic rings. The Kier molecular flexibility index (Phi) is 7.42. The van der Waals surface area contributed by atoms with Crippen LogP contribution in [0.1, 0.15) is 5.56 Å². The van der Waals surface area contributed by atoms with Crippen LogP contribution in [-0.4, -0.2) is 37.1 Å². The highest BCUT2D eigenvalue weighted by Gasteiger charge is 2.15. The molecule has 0 unspecified atom stereocenters. The van der Waals surface area contributed by atoms with Crippen LogP contribution in [0.3, 0.4) is 0 Å². The van der Waals surface area contributed by atoms with Crippen molar-refractivity contribution in [3.05, 3.63) is 96.6 Å². The highest BCUT2D eigenvalue weighted by molar-refractivity contribution is 6.07. The van der Waals surface area contributed by atoms with Crippen molar-refractivity contribution in [2.45, 2.75) is 6.54 Å². The fourth-order valence-corrected chi connectivity index (χ4v) is 4.85. The number of para-hydroxylation sites is 1. The molecule has 1 saturated heterocycles. The van der Waals surface area contributed by atoms with Gasteiger partial charge in [0, 0.05) is 49.1 Å². The molecule has 1 aliphatic heterocycles. The van der Waals surface area contributed by atoms with Crippen molar-refractivity contribution in [1.29, 1.82) is 0 Å². The summed E-state index contributed by atoms with van der Waals surface area (Å²) in [5.41, 5.74) is 4.39. The van der Waals surface area contributed by atoms with Gasteiger partial charge in [-0.3, -0.25) is 4.90 Å². The van der Waals surface area contributed by atoms with Crippen molar-refractivity contribution >= 4 is 51.6 Å². The number of hydrogen-bond donors (Lipinski definition) is 3. The van der Waals surface area contributed by atoms with Gasteiger partial charge in [0.15, 0.2) is 0 Å². The summed E-state index contributed by atoms with van der Waals surface area (Å²) in [7, 11) is 0. The Balaban J connectivity index is 0.00000280. The fraction of sp³-hybridized carbons (Fsp3) is 0.167. The van der Waals surface area contributed by atoms with E-state index in [9.17, 15) is 4.79 Å². The molecule has 5 aromatic rings. The zero-order chi connectivity index (χ0) is 24.3. The van der Waals surface area contributed by atoms with E-state index in [4.69, 9.17) is 4.42 Å². The van der Waals surface area contributed by atoms with Gasteiger partial charge in [-0.1, -0.05) is 60.7 Å². The second-order valence-electron chi connectivity index (χ2n) is 9.16. The predicted molar refractivity (Wildman–Crippen MR) is 154 cm³/mol. The maximum Gasteiger partial charge on any atom is 0.323 e. The lowest BCUT2D eigenvalue weighted by Gasteiger charge is -2.27. The highest BCUT2D eigenvalue weighted by atomic mass is 35.5. The molecule has 2 heterocycles. The minimum Gasteiger partial charge on any atom is -0.456 e. The molecule has 6 rings (SSSR count). The van der Waals surface area contributed by atoms with Crippen molar-refractivity contribution < 1.29 is 9.21 Å². The Bertz CT molecular complexity index is 1540. The van der Waals surface area contributed by atoms with Crippen molar-refractivity contribution in [3.8, 4) is 11.3 Å². The van der Waals surface area contributed by atoms with Gasteiger partial charge in [-0.15, -0.1) is 12.4 Å². The topological polar surface area (TPSA) is 69.5 Å². The molecule has 7 heteroatoms. The molecule has 0 bridgehead atoms. The largest absolute Gasteiger partial charge is 0.456 e. The van der Waals surface area contributed by atoms with Crippen LogP contribution >= 0.6 is 12.4 Å². The summed E-state index contributed by atoms with van der Waals surface area (Å²) in [6.45, 7) is 5.10. The second kappa shape index (κ2) is 11.0. The molecule has 0 aliphatic carbocycles. The van der Waals surface area contributed by atoms with Crippen LogP contribution in [0.25, 0.3) is 33.1 Å². The van der Waals surface area contributed by atoms with Crippen LogP contribution in [0.5, 0.6) is 0 Å². The number of amides is 2. The van der Waals surface area contributed by atoms with Gasteiger partial charge in [0.2, 0.25) is 0 Å². The maximum absolute atomic E-state index is 13.0. The molecule has 1 aromatic heterocycles. The lowest BCUT2D eigenvalue weighted by atomic mass is 10.1. The number of rotatable bonds is 5.